The molecule has 4 nitrogen and oxygen atoms in total. The van der Waals surface area contributed by atoms with Crippen molar-refractivity contribution in [1.82, 2.24) is 0 Å². The molecule has 0 aliphatic carbocycles. The van der Waals surface area contributed by atoms with Gasteiger partial charge < -0.3 is 16.6 Å². The summed E-state index contributed by atoms with van der Waals surface area (Å²) in [6.07, 6.45) is 31.1. The number of nitrogens with two attached hydrogens (primary N) is 2. The van der Waals surface area contributed by atoms with Crippen molar-refractivity contribution in [2.45, 2.75) is 142 Å². The van der Waals surface area contributed by atoms with Crippen molar-refractivity contribution >= 4 is 5.97 Å². The number of unbranched alkanes of at least 4 members (excludes halogenated alkanes) is 13. The lowest BCUT2D eigenvalue weighted by molar-refractivity contribution is -0.137. The summed E-state index contributed by atoms with van der Waals surface area (Å²) in [5.41, 5.74) is 10.8. The van der Waals surface area contributed by atoms with Crippen LogP contribution in [-0.4, -0.2) is 17.2 Å². The minimum atomic E-state index is -0.671. The molecular formula is C27H54N2O2. The van der Waals surface area contributed by atoms with Crippen molar-refractivity contribution in [3.63, 3.8) is 0 Å². The van der Waals surface area contributed by atoms with Gasteiger partial charge in [-0.25, -0.2) is 0 Å². The van der Waals surface area contributed by atoms with Crippen LogP contribution in [0.25, 0.3) is 0 Å². The van der Waals surface area contributed by atoms with E-state index in [4.69, 9.17) is 16.6 Å². The van der Waals surface area contributed by atoms with Crippen molar-refractivity contribution in [2.75, 3.05) is 0 Å². The fourth-order valence-electron chi connectivity index (χ4n) is 3.25. The number of carboxylic acids is 1. The molecule has 0 aliphatic heterocycles. The Kier molecular flexibility index (Phi) is 29.8. The van der Waals surface area contributed by atoms with E-state index in [9.17, 15) is 4.79 Å². The van der Waals surface area contributed by atoms with E-state index in [0.717, 1.165) is 32.1 Å². The Morgan fingerprint density at radius 3 is 1.68 bits per heavy atom. The predicted octanol–water partition coefficient (Wildman–Crippen LogP) is 7.87. The molecule has 0 atom stereocenters. The monoisotopic (exact) mass is 438 g/mol. The van der Waals surface area contributed by atoms with Gasteiger partial charge >= 0.3 is 5.97 Å². The minimum absolute atomic E-state index is 0.0961. The summed E-state index contributed by atoms with van der Waals surface area (Å²) in [6, 6.07) is 0. The van der Waals surface area contributed by atoms with Crippen LogP contribution in [0, 0.1) is 0 Å². The van der Waals surface area contributed by atoms with Crippen LogP contribution in [0.5, 0.6) is 0 Å². The van der Waals surface area contributed by atoms with Crippen LogP contribution in [-0.2, 0) is 4.79 Å². The van der Waals surface area contributed by atoms with Crippen molar-refractivity contribution in [3.8, 4) is 0 Å². The number of hydrogen-bond donors (Lipinski definition) is 3. The molecule has 5 N–H and O–H groups in total. The topological polar surface area (TPSA) is 89.3 Å². The first-order valence-electron chi connectivity index (χ1n) is 13.1. The molecule has 0 aromatic rings. The lowest BCUT2D eigenvalue weighted by atomic mass is 10.1. The maximum absolute atomic E-state index is 10.3. The third kappa shape index (κ3) is 36.6. The van der Waals surface area contributed by atoms with Crippen molar-refractivity contribution < 1.29 is 9.90 Å². The standard InChI is InChI=1S/C18H32O2.C9H22N2/c1-2-3-4-5-6-7-8-9-10-11-12-13-14-15-16-17-18(19)20;1-2-3-4-5-6-7-8-9(10)11/h6-7,9-10H,2-5,8,11-17H2,1H3,(H,19,20);9H,2-8,10-11H2,1H3/b7-6-,10-9-;. The zero-order valence-electron chi connectivity index (χ0n) is 20.8. The lowest BCUT2D eigenvalue weighted by Crippen LogP contribution is -2.29. The van der Waals surface area contributed by atoms with Gasteiger partial charge in [0.25, 0.3) is 0 Å². The molecule has 0 heterocycles. The summed E-state index contributed by atoms with van der Waals surface area (Å²) < 4.78 is 0. The first-order chi connectivity index (χ1) is 15.0. The average molecular weight is 439 g/mol. The second-order valence-electron chi connectivity index (χ2n) is 8.59. The van der Waals surface area contributed by atoms with Crippen molar-refractivity contribution in [3.05, 3.63) is 24.3 Å². The van der Waals surface area contributed by atoms with Crippen LogP contribution in [0.3, 0.4) is 0 Å². The zero-order chi connectivity index (χ0) is 23.4. The molecule has 0 saturated carbocycles. The summed E-state index contributed by atoms with van der Waals surface area (Å²) in [7, 11) is 0. The van der Waals surface area contributed by atoms with Gasteiger partial charge in [-0.1, -0.05) is 109 Å². The van der Waals surface area contributed by atoms with Gasteiger partial charge in [-0.15, -0.1) is 0 Å². The van der Waals surface area contributed by atoms with E-state index < -0.39 is 5.97 Å². The van der Waals surface area contributed by atoms with E-state index in [1.807, 2.05) is 0 Å². The van der Waals surface area contributed by atoms with E-state index in [-0.39, 0.29) is 6.17 Å². The van der Waals surface area contributed by atoms with Crippen LogP contribution >= 0.6 is 0 Å². The first-order valence-corrected chi connectivity index (χ1v) is 13.1. The largest absolute Gasteiger partial charge is 0.481 e. The Morgan fingerprint density at radius 1 is 0.677 bits per heavy atom. The fraction of sp³-hybridized carbons (Fsp3) is 0.815. The third-order valence-electron chi connectivity index (χ3n) is 5.23. The molecule has 0 amide bonds. The molecule has 0 saturated heterocycles. The molecule has 0 bridgehead atoms. The van der Waals surface area contributed by atoms with Crippen LogP contribution in [0.2, 0.25) is 0 Å². The number of aliphatic carboxylic acids is 1. The summed E-state index contributed by atoms with van der Waals surface area (Å²) in [6.45, 7) is 4.47. The summed E-state index contributed by atoms with van der Waals surface area (Å²) in [5.74, 6) is -0.671. The highest BCUT2D eigenvalue weighted by molar-refractivity contribution is 5.66. The first kappa shape index (κ1) is 32.1. The molecule has 4 heteroatoms. The van der Waals surface area contributed by atoms with Gasteiger partial charge in [0, 0.05) is 6.42 Å². The molecule has 184 valence electrons. The molecule has 0 rings (SSSR count). The lowest BCUT2D eigenvalue weighted by Gasteiger charge is -2.03. The van der Waals surface area contributed by atoms with E-state index in [1.165, 1.54) is 83.5 Å². The highest BCUT2D eigenvalue weighted by Gasteiger charge is 1.96. The Morgan fingerprint density at radius 2 is 1.13 bits per heavy atom. The van der Waals surface area contributed by atoms with E-state index in [1.54, 1.807) is 0 Å². The van der Waals surface area contributed by atoms with Gasteiger partial charge in [0.05, 0.1) is 6.17 Å². The third-order valence-corrected chi connectivity index (χ3v) is 5.23. The van der Waals surface area contributed by atoms with Gasteiger partial charge in [-0.2, -0.15) is 0 Å². The number of carboxylic acid groups (broad SMARTS) is 1. The summed E-state index contributed by atoms with van der Waals surface area (Å²) >= 11 is 0. The van der Waals surface area contributed by atoms with Gasteiger partial charge in [-0.3, -0.25) is 4.79 Å². The Bertz CT molecular complexity index is 406. The van der Waals surface area contributed by atoms with E-state index in [2.05, 4.69) is 38.2 Å². The molecule has 0 fully saturated rings. The molecular weight excluding hydrogens is 384 g/mol. The second-order valence-corrected chi connectivity index (χ2v) is 8.59. The van der Waals surface area contributed by atoms with Crippen LogP contribution in [0.4, 0.5) is 0 Å². The number of carbonyl (C=O) groups is 1. The highest BCUT2D eigenvalue weighted by Crippen LogP contribution is 2.08. The number of rotatable bonds is 21. The maximum Gasteiger partial charge on any atom is 0.303 e. The number of hydrogen-bond acceptors (Lipinski definition) is 3. The SMILES string of the molecule is CCCCC/C=C\C/C=C\CCCCCCCC(=O)O.CCCCCCCCC(N)N. The number of allylic oxidation sites excluding steroid dienone is 4. The van der Waals surface area contributed by atoms with Crippen molar-refractivity contribution in [2.24, 2.45) is 11.5 Å². The molecule has 0 radical (unpaired) electrons. The van der Waals surface area contributed by atoms with Gasteiger partial charge in [0.2, 0.25) is 0 Å². The Labute approximate surface area is 193 Å². The van der Waals surface area contributed by atoms with Gasteiger partial charge in [0.15, 0.2) is 0 Å². The average Bonchev–Trinajstić information content (AvgIpc) is 2.73. The molecule has 0 spiro atoms. The fourth-order valence-corrected chi connectivity index (χ4v) is 3.25. The van der Waals surface area contributed by atoms with Gasteiger partial charge in [-0.05, 0) is 44.9 Å². The highest BCUT2D eigenvalue weighted by atomic mass is 16.4. The Hall–Kier alpha value is -1.13. The maximum atomic E-state index is 10.3. The molecule has 0 aliphatic rings. The van der Waals surface area contributed by atoms with E-state index >= 15 is 0 Å². The normalized spacial score (nSPS) is 11.4. The van der Waals surface area contributed by atoms with Crippen molar-refractivity contribution in [1.29, 1.82) is 0 Å². The quantitative estimate of drug-likeness (QED) is 0.0966. The molecule has 31 heavy (non-hydrogen) atoms. The predicted molar refractivity (Wildman–Crippen MR) is 137 cm³/mol. The summed E-state index contributed by atoms with van der Waals surface area (Å²) in [5, 5.41) is 8.50. The zero-order valence-corrected chi connectivity index (χ0v) is 20.8. The molecule has 0 unspecified atom stereocenters. The van der Waals surface area contributed by atoms with E-state index in [0.29, 0.717) is 6.42 Å². The van der Waals surface area contributed by atoms with Crippen LogP contribution in [0.1, 0.15) is 136 Å². The minimum Gasteiger partial charge on any atom is -0.481 e. The van der Waals surface area contributed by atoms with Crippen LogP contribution in [0.15, 0.2) is 24.3 Å². The smallest absolute Gasteiger partial charge is 0.303 e. The molecule has 0 aromatic heterocycles. The second kappa shape index (κ2) is 28.9. The Balaban J connectivity index is 0. The summed E-state index contributed by atoms with van der Waals surface area (Å²) in [4.78, 5) is 10.3. The van der Waals surface area contributed by atoms with Crippen LogP contribution < -0.4 is 11.5 Å². The molecule has 0 aromatic carbocycles. The van der Waals surface area contributed by atoms with Gasteiger partial charge in [0.1, 0.15) is 0 Å².